The number of hydrogen-bond acceptors (Lipinski definition) is 7. The third kappa shape index (κ3) is 4.58. The molecule has 9 heteroatoms. The van der Waals surface area contributed by atoms with Crippen LogP contribution in [0.3, 0.4) is 0 Å². The third-order valence-corrected chi connectivity index (χ3v) is 5.91. The fourth-order valence-electron chi connectivity index (χ4n) is 3.60. The molecular formula is C18H25N2O6P. The quantitative estimate of drug-likeness (QED) is 0.705. The van der Waals surface area contributed by atoms with Crippen LogP contribution in [0, 0.1) is 0 Å². The largest absolute Gasteiger partial charge is 0.493 e. The van der Waals surface area contributed by atoms with Crippen LogP contribution < -0.4 is 9.47 Å². The highest BCUT2D eigenvalue weighted by molar-refractivity contribution is 7.47. The molecule has 1 aromatic heterocycles. The first-order chi connectivity index (χ1) is 13.0. The minimum atomic E-state index is -4.02. The van der Waals surface area contributed by atoms with Crippen molar-refractivity contribution in [3.63, 3.8) is 0 Å². The third-order valence-electron chi connectivity index (χ3n) is 4.76. The molecule has 8 nitrogen and oxygen atoms in total. The summed E-state index contributed by atoms with van der Waals surface area (Å²) in [5.41, 5.74) is 1.65. The van der Waals surface area contributed by atoms with Gasteiger partial charge in [0.15, 0.2) is 11.5 Å². The normalized spacial score (nSPS) is 22.4. The summed E-state index contributed by atoms with van der Waals surface area (Å²) in [5.74, 6) is 1.31. The number of ether oxygens (including phenoxy) is 2. The van der Waals surface area contributed by atoms with Gasteiger partial charge in [-0.25, -0.2) is 14.5 Å². The molecule has 0 bridgehead atoms. The number of fused-ring (bicyclic) bond motifs is 1. The van der Waals surface area contributed by atoms with E-state index in [-0.39, 0.29) is 18.6 Å². The fourth-order valence-corrected chi connectivity index (χ4v) is 4.55. The molecule has 1 aromatic carbocycles. The molecule has 1 aliphatic carbocycles. The highest BCUT2D eigenvalue weighted by Crippen LogP contribution is 2.48. The van der Waals surface area contributed by atoms with Gasteiger partial charge in [0.05, 0.1) is 38.1 Å². The number of phosphoric acid groups is 1. The second kappa shape index (κ2) is 8.52. The van der Waals surface area contributed by atoms with Crippen LogP contribution >= 0.6 is 7.82 Å². The zero-order valence-electron chi connectivity index (χ0n) is 15.8. The van der Waals surface area contributed by atoms with Gasteiger partial charge in [-0.3, -0.25) is 9.05 Å². The van der Waals surface area contributed by atoms with E-state index in [1.807, 2.05) is 12.1 Å². The lowest BCUT2D eigenvalue weighted by atomic mass is 9.84. The molecule has 1 fully saturated rings. The number of phosphoric ester groups is 1. The molecule has 0 aliphatic heterocycles. The van der Waals surface area contributed by atoms with Crippen molar-refractivity contribution in [1.82, 2.24) is 9.97 Å². The first-order valence-electron chi connectivity index (χ1n) is 8.99. The smallest absolute Gasteiger partial charge is 0.472 e. The number of methoxy groups -OCH3 is 2. The van der Waals surface area contributed by atoms with Crippen molar-refractivity contribution < 1.29 is 28.0 Å². The van der Waals surface area contributed by atoms with Crippen LogP contribution in [-0.4, -0.2) is 41.8 Å². The van der Waals surface area contributed by atoms with Gasteiger partial charge in [0.2, 0.25) is 0 Å². The van der Waals surface area contributed by atoms with E-state index in [0.717, 1.165) is 29.4 Å². The molecule has 1 N–H and O–H groups in total. The highest BCUT2D eigenvalue weighted by Gasteiger charge is 2.32. The van der Waals surface area contributed by atoms with E-state index in [1.165, 1.54) is 6.33 Å². The second-order valence-electron chi connectivity index (χ2n) is 6.46. The second-order valence-corrected chi connectivity index (χ2v) is 7.87. The Bertz CT molecular complexity index is 846. The molecule has 2 aromatic rings. The van der Waals surface area contributed by atoms with Gasteiger partial charge in [0.1, 0.15) is 6.33 Å². The Morgan fingerprint density at radius 1 is 1.19 bits per heavy atom. The Hall–Kier alpha value is -1.73. The lowest BCUT2D eigenvalue weighted by Crippen LogP contribution is -2.22. The van der Waals surface area contributed by atoms with Gasteiger partial charge in [0.25, 0.3) is 0 Å². The Balaban J connectivity index is 1.89. The average molecular weight is 396 g/mol. The van der Waals surface area contributed by atoms with Gasteiger partial charge in [-0.05, 0) is 32.3 Å². The van der Waals surface area contributed by atoms with Crippen molar-refractivity contribution in [3.05, 3.63) is 24.2 Å². The Morgan fingerprint density at radius 2 is 1.93 bits per heavy atom. The number of nitrogens with zero attached hydrogens (tertiary/aromatic N) is 2. The van der Waals surface area contributed by atoms with Crippen LogP contribution in [0.25, 0.3) is 10.9 Å². The predicted octanol–water partition coefficient (Wildman–Crippen LogP) is 3.83. The van der Waals surface area contributed by atoms with Gasteiger partial charge in [-0.15, -0.1) is 0 Å². The topological polar surface area (TPSA) is 100 Å². The maximum Gasteiger partial charge on any atom is 0.472 e. The zero-order valence-corrected chi connectivity index (χ0v) is 16.6. The summed E-state index contributed by atoms with van der Waals surface area (Å²) in [4.78, 5) is 18.6. The van der Waals surface area contributed by atoms with E-state index in [2.05, 4.69) is 9.97 Å². The van der Waals surface area contributed by atoms with Crippen molar-refractivity contribution >= 4 is 18.7 Å². The lowest BCUT2D eigenvalue weighted by Gasteiger charge is -2.30. The summed E-state index contributed by atoms with van der Waals surface area (Å²) in [6.07, 6.45) is 4.29. The van der Waals surface area contributed by atoms with Crippen LogP contribution in [0.5, 0.6) is 11.5 Å². The molecule has 3 atom stereocenters. The Kier molecular flexibility index (Phi) is 6.32. The van der Waals surface area contributed by atoms with Crippen molar-refractivity contribution in [1.29, 1.82) is 0 Å². The van der Waals surface area contributed by atoms with E-state index in [4.69, 9.17) is 18.5 Å². The molecular weight excluding hydrogens is 371 g/mol. The lowest BCUT2D eigenvalue weighted by molar-refractivity contribution is 0.0792. The summed E-state index contributed by atoms with van der Waals surface area (Å²) >= 11 is 0. The number of benzene rings is 1. The fraction of sp³-hybridized carbons (Fsp3) is 0.556. The van der Waals surface area contributed by atoms with Crippen molar-refractivity contribution in [2.45, 2.75) is 44.6 Å². The summed E-state index contributed by atoms with van der Waals surface area (Å²) in [6.45, 7) is 1.78. The summed E-state index contributed by atoms with van der Waals surface area (Å²) in [7, 11) is -0.849. The van der Waals surface area contributed by atoms with Gasteiger partial charge in [-0.2, -0.15) is 0 Å². The number of hydrogen-bond donors (Lipinski definition) is 1. The molecule has 148 valence electrons. The highest BCUT2D eigenvalue weighted by atomic mass is 31.2. The summed E-state index contributed by atoms with van der Waals surface area (Å²) in [6, 6.07) is 3.71. The minimum Gasteiger partial charge on any atom is -0.493 e. The molecule has 1 saturated carbocycles. The summed E-state index contributed by atoms with van der Waals surface area (Å²) in [5, 5.41) is 0.887. The van der Waals surface area contributed by atoms with Gasteiger partial charge in [0, 0.05) is 17.4 Å². The molecule has 27 heavy (non-hydrogen) atoms. The molecule has 3 unspecified atom stereocenters. The van der Waals surface area contributed by atoms with Crippen LogP contribution in [0.1, 0.15) is 44.2 Å². The first kappa shape index (κ1) is 20.0. The van der Waals surface area contributed by atoms with Crippen LogP contribution in [0.2, 0.25) is 0 Å². The molecule has 0 spiro atoms. The van der Waals surface area contributed by atoms with E-state index in [0.29, 0.717) is 24.3 Å². The zero-order chi connectivity index (χ0) is 19.4. The monoisotopic (exact) mass is 396 g/mol. The standard InChI is InChI=1S/C18H25N2O6P/c1-4-25-27(21,22)26-13-7-5-6-12(8-13)18-14-9-16(23-2)17(24-3)10-15(14)19-11-20-18/h9-13H,4-8H2,1-3H3,(H,21,22). The van der Waals surface area contributed by atoms with Crippen molar-refractivity contribution in [3.8, 4) is 11.5 Å². The van der Waals surface area contributed by atoms with Crippen LogP contribution in [0.15, 0.2) is 18.5 Å². The van der Waals surface area contributed by atoms with E-state index in [9.17, 15) is 9.46 Å². The molecule has 1 heterocycles. The molecule has 0 saturated heterocycles. The van der Waals surface area contributed by atoms with Gasteiger partial charge in [-0.1, -0.05) is 6.42 Å². The van der Waals surface area contributed by atoms with Crippen molar-refractivity contribution in [2.24, 2.45) is 0 Å². The molecule has 3 rings (SSSR count). The van der Waals surface area contributed by atoms with Crippen LogP contribution in [-0.2, 0) is 13.6 Å². The number of rotatable bonds is 7. The average Bonchev–Trinajstić information content (AvgIpc) is 2.66. The van der Waals surface area contributed by atoms with Crippen molar-refractivity contribution in [2.75, 3.05) is 20.8 Å². The maximum atomic E-state index is 11.9. The molecule has 1 aliphatic rings. The van der Waals surface area contributed by atoms with E-state index in [1.54, 1.807) is 21.1 Å². The van der Waals surface area contributed by atoms with E-state index >= 15 is 0 Å². The Labute approximate surface area is 158 Å². The Morgan fingerprint density at radius 3 is 2.63 bits per heavy atom. The van der Waals surface area contributed by atoms with E-state index < -0.39 is 7.82 Å². The van der Waals surface area contributed by atoms with Crippen LogP contribution in [0.4, 0.5) is 0 Å². The molecule has 0 amide bonds. The minimum absolute atomic E-state index is 0.0916. The summed E-state index contributed by atoms with van der Waals surface area (Å²) < 4.78 is 32.9. The number of aromatic nitrogens is 2. The SMILES string of the molecule is CCOP(=O)(O)OC1CCCC(c2ncnc3cc(OC)c(OC)cc23)C1. The van der Waals surface area contributed by atoms with Gasteiger partial charge >= 0.3 is 7.82 Å². The molecule has 0 radical (unpaired) electrons. The maximum absolute atomic E-state index is 11.9. The predicted molar refractivity (Wildman–Crippen MR) is 100 cm³/mol. The van der Waals surface area contributed by atoms with Gasteiger partial charge < -0.3 is 14.4 Å². The first-order valence-corrected chi connectivity index (χ1v) is 10.5.